The van der Waals surface area contributed by atoms with Crippen molar-refractivity contribution in [3.8, 4) is 17.2 Å². The molecule has 0 aromatic heterocycles. The van der Waals surface area contributed by atoms with Crippen LogP contribution in [0.3, 0.4) is 0 Å². The average Bonchev–Trinajstić information content (AvgIpc) is 2.70. The lowest BCUT2D eigenvalue weighted by Crippen LogP contribution is -2.35. The summed E-state index contributed by atoms with van der Waals surface area (Å²) in [6, 6.07) is 12.7. The minimum atomic E-state index is 0.588. The van der Waals surface area contributed by atoms with Gasteiger partial charge < -0.3 is 24.4 Å². The Labute approximate surface area is 154 Å². The number of hydrogen-bond donors (Lipinski definition) is 1. The third-order valence-corrected chi connectivity index (χ3v) is 5.03. The molecule has 1 N–H and O–H groups in total. The molecule has 0 aliphatic carbocycles. The number of para-hydroxylation sites is 1. The number of fused-ring (bicyclic) bond motifs is 2. The maximum atomic E-state index is 5.69. The first-order chi connectivity index (χ1) is 12.8. The molecule has 2 aromatic carbocycles. The summed E-state index contributed by atoms with van der Waals surface area (Å²) in [7, 11) is 1.69. The van der Waals surface area contributed by atoms with Crippen LogP contribution in [-0.2, 0) is 13.0 Å². The number of nitrogens with one attached hydrogen (secondary N) is 1. The summed E-state index contributed by atoms with van der Waals surface area (Å²) in [6.07, 6.45) is 2.42. The first-order valence-corrected chi connectivity index (χ1v) is 9.35. The normalized spacial score (nSPS) is 15.5. The molecule has 5 heteroatoms. The summed E-state index contributed by atoms with van der Waals surface area (Å²) >= 11 is 0. The molecule has 0 spiro atoms. The van der Waals surface area contributed by atoms with Gasteiger partial charge in [0, 0.05) is 43.5 Å². The summed E-state index contributed by atoms with van der Waals surface area (Å²) in [5.41, 5.74) is 3.94. The molecular weight excluding hydrogens is 328 g/mol. The van der Waals surface area contributed by atoms with Gasteiger partial charge >= 0.3 is 0 Å². The zero-order valence-electron chi connectivity index (χ0n) is 15.3. The standard InChI is InChI=1S/C21H26N2O3/c1-24-19-14-21-20(25-11-12-26-21)13-17(19)15-22-8-10-23-9-4-6-16-5-2-3-7-18(16)23/h2-3,5,7,13-14,22H,4,6,8-12,15H2,1H3. The smallest absolute Gasteiger partial charge is 0.165 e. The minimum absolute atomic E-state index is 0.588. The Balaban J connectivity index is 1.35. The summed E-state index contributed by atoms with van der Waals surface area (Å²) in [4.78, 5) is 2.48. The van der Waals surface area contributed by atoms with Gasteiger partial charge in [-0.1, -0.05) is 18.2 Å². The fourth-order valence-corrected chi connectivity index (χ4v) is 3.72. The van der Waals surface area contributed by atoms with Crippen LogP contribution >= 0.6 is 0 Å². The summed E-state index contributed by atoms with van der Waals surface area (Å²) < 4.78 is 16.8. The van der Waals surface area contributed by atoms with Crippen LogP contribution in [0.1, 0.15) is 17.5 Å². The van der Waals surface area contributed by atoms with E-state index in [-0.39, 0.29) is 0 Å². The van der Waals surface area contributed by atoms with Crippen molar-refractivity contribution in [3.63, 3.8) is 0 Å². The molecule has 0 saturated heterocycles. The molecule has 26 heavy (non-hydrogen) atoms. The number of hydrogen-bond acceptors (Lipinski definition) is 5. The Morgan fingerprint density at radius 3 is 2.77 bits per heavy atom. The van der Waals surface area contributed by atoms with Crippen LogP contribution in [0.4, 0.5) is 5.69 Å². The van der Waals surface area contributed by atoms with Gasteiger partial charge in [-0.3, -0.25) is 0 Å². The van der Waals surface area contributed by atoms with Crippen LogP contribution in [0.2, 0.25) is 0 Å². The Kier molecular flexibility index (Phi) is 5.16. The fraction of sp³-hybridized carbons (Fsp3) is 0.429. The van der Waals surface area contributed by atoms with E-state index in [4.69, 9.17) is 14.2 Å². The van der Waals surface area contributed by atoms with E-state index in [1.165, 1.54) is 24.1 Å². The topological polar surface area (TPSA) is 43.0 Å². The molecule has 0 amide bonds. The van der Waals surface area contributed by atoms with E-state index >= 15 is 0 Å². The van der Waals surface area contributed by atoms with E-state index in [0.29, 0.717) is 13.2 Å². The molecule has 4 rings (SSSR count). The number of aryl methyl sites for hydroxylation is 1. The van der Waals surface area contributed by atoms with E-state index in [9.17, 15) is 0 Å². The van der Waals surface area contributed by atoms with Crippen molar-refractivity contribution < 1.29 is 14.2 Å². The van der Waals surface area contributed by atoms with Crippen LogP contribution in [-0.4, -0.2) is 40.0 Å². The fourth-order valence-electron chi connectivity index (χ4n) is 3.72. The first-order valence-electron chi connectivity index (χ1n) is 9.35. The first kappa shape index (κ1) is 17.0. The van der Waals surface area contributed by atoms with Gasteiger partial charge in [0.1, 0.15) is 19.0 Å². The van der Waals surface area contributed by atoms with Gasteiger partial charge in [-0.25, -0.2) is 0 Å². The monoisotopic (exact) mass is 354 g/mol. The number of ether oxygens (including phenoxy) is 3. The maximum absolute atomic E-state index is 5.69. The van der Waals surface area contributed by atoms with Crippen molar-refractivity contribution in [1.29, 1.82) is 0 Å². The zero-order chi connectivity index (χ0) is 17.8. The molecule has 0 unspecified atom stereocenters. The van der Waals surface area contributed by atoms with Crippen LogP contribution in [0, 0.1) is 0 Å². The van der Waals surface area contributed by atoms with Crippen LogP contribution < -0.4 is 24.4 Å². The average molecular weight is 354 g/mol. The van der Waals surface area contributed by atoms with Gasteiger partial charge in [-0.05, 0) is 30.5 Å². The highest BCUT2D eigenvalue weighted by molar-refractivity contribution is 5.55. The molecule has 2 aliphatic heterocycles. The predicted octanol–water partition coefficient (Wildman–Crippen LogP) is 3.01. The number of methoxy groups -OCH3 is 1. The molecule has 0 fully saturated rings. The minimum Gasteiger partial charge on any atom is -0.496 e. The highest BCUT2D eigenvalue weighted by atomic mass is 16.6. The van der Waals surface area contributed by atoms with Gasteiger partial charge in [-0.2, -0.15) is 0 Å². The Hall–Kier alpha value is -2.40. The van der Waals surface area contributed by atoms with Gasteiger partial charge in [-0.15, -0.1) is 0 Å². The SMILES string of the molecule is COc1cc2c(cc1CNCCN1CCCc3ccccc31)OCCO2. The van der Waals surface area contributed by atoms with E-state index < -0.39 is 0 Å². The molecule has 5 nitrogen and oxygen atoms in total. The summed E-state index contributed by atoms with van der Waals surface area (Å²) in [5, 5.41) is 3.54. The molecule has 0 bridgehead atoms. The lowest BCUT2D eigenvalue weighted by Gasteiger charge is -2.31. The molecule has 138 valence electrons. The van der Waals surface area contributed by atoms with E-state index in [2.05, 4.69) is 34.5 Å². The highest BCUT2D eigenvalue weighted by Crippen LogP contribution is 2.36. The maximum Gasteiger partial charge on any atom is 0.165 e. The quantitative estimate of drug-likeness (QED) is 0.808. The number of anilines is 1. The van der Waals surface area contributed by atoms with E-state index in [1.54, 1.807) is 7.11 Å². The van der Waals surface area contributed by atoms with Crippen molar-refractivity contribution >= 4 is 5.69 Å². The zero-order valence-corrected chi connectivity index (χ0v) is 15.3. The van der Waals surface area contributed by atoms with Crippen molar-refractivity contribution in [2.24, 2.45) is 0 Å². The lowest BCUT2D eigenvalue weighted by atomic mass is 10.0. The van der Waals surface area contributed by atoms with Crippen LogP contribution in [0.25, 0.3) is 0 Å². The summed E-state index contributed by atoms with van der Waals surface area (Å²) in [6.45, 7) is 4.99. The molecule has 2 aliphatic rings. The van der Waals surface area contributed by atoms with Crippen LogP contribution in [0.15, 0.2) is 36.4 Å². The van der Waals surface area contributed by atoms with Gasteiger partial charge in [0.25, 0.3) is 0 Å². The molecule has 2 heterocycles. The van der Waals surface area contributed by atoms with E-state index in [0.717, 1.165) is 49.0 Å². The number of benzene rings is 2. The Morgan fingerprint density at radius 1 is 1.12 bits per heavy atom. The molecule has 0 radical (unpaired) electrons. The lowest BCUT2D eigenvalue weighted by molar-refractivity contribution is 0.170. The highest BCUT2D eigenvalue weighted by Gasteiger charge is 2.17. The Bertz CT molecular complexity index is 763. The van der Waals surface area contributed by atoms with Gasteiger partial charge in [0.05, 0.1) is 7.11 Å². The predicted molar refractivity (Wildman–Crippen MR) is 103 cm³/mol. The third kappa shape index (κ3) is 3.58. The Morgan fingerprint density at radius 2 is 1.92 bits per heavy atom. The van der Waals surface area contributed by atoms with Crippen molar-refractivity contribution in [1.82, 2.24) is 5.32 Å². The number of rotatable bonds is 6. The third-order valence-electron chi connectivity index (χ3n) is 5.03. The van der Waals surface area contributed by atoms with E-state index in [1.807, 2.05) is 12.1 Å². The van der Waals surface area contributed by atoms with Crippen molar-refractivity contribution in [2.75, 3.05) is 44.9 Å². The summed E-state index contributed by atoms with van der Waals surface area (Å²) in [5.74, 6) is 2.41. The molecule has 0 saturated carbocycles. The van der Waals surface area contributed by atoms with Crippen molar-refractivity contribution in [3.05, 3.63) is 47.5 Å². The molecule has 2 aromatic rings. The molecule has 0 atom stereocenters. The van der Waals surface area contributed by atoms with Gasteiger partial charge in [0.15, 0.2) is 11.5 Å². The second-order valence-corrected chi connectivity index (χ2v) is 6.70. The van der Waals surface area contributed by atoms with Crippen molar-refractivity contribution in [2.45, 2.75) is 19.4 Å². The second kappa shape index (κ2) is 7.87. The van der Waals surface area contributed by atoms with Crippen LogP contribution in [0.5, 0.6) is 17.2 Å². The number of nitrogens with zero attached hydrogens (tertiary/aromatic N) is 1. The largest absolute Gasteiger partial charge is 0.496 e. The second-order valence-electron chi connectivity index (χ2n) is 6.70. The molecular formula is C21H26N2O3. The van der Waals surface area contributed by atoms with Gasteiger partial charge in [0.2, 0.25) is 0 Å².